The van der Waals surface area contributed by atoms with Crippen LogP contribution < -0.4 is 0 Å². The minimum Gasteiger partial charge on any atom is -0.333 e. The van der Waals surface area contributed by atoms with Gasteiger partial charge in [0.05, 0.1) is 22.9 Å². The number of nitrogens with one attached hydrogen (secondary N) is 1. The summed E-state index contributed by atoms with van der Waals surface area (Å²) in [6, 6.07) is 6.24. The molecule has 0 bridgehead atoms. The molecule has 0 amide bonds. The topological polar surface area (TPSA) is 52.5 Å². The highest BCUT2D eigenvalue weighted by Gasteiger charge is 2.04. The van der Waals surface area contributed by atoms with Crippen LogP contribution in [0.25, 0.3) is 11.0 Å². The van der Waals surface area contributed by atoms with E-state index in [0.717, 1.165) is 16.2 Å². The first-order valence-electron chi connectivity index (χ1n) is 4.67. The summed E-state index contributed by atoms with van der Waals surface area (Å²) in [5.74, 6) is 0.428. The van der Waals surface area contributed by atoms with Gasteiger partial charge in [-0.15, -0.1) is 0 Å². The SMILES string of the molecule is Cc1cc2nc(SCC#N)[nH]c2cc1C. The number of rotatable bonds is 2. The van der Waals surface area contributed by atoms with Crippen molar-refractivity contribution in [3.8, 4) is 6.07 Å². The van der Waals surface area contributed by atoms with Crippen molar-refractivity contribution in [3.63, 3.8) is 0 Å². The van der Waals surface area contributed by atoms with E-state index in [1.807, 2.05) is 0 Å². The highest BCUT2D eigenvalue weighted by Crippen LogP contribution is 2.21. The number of thioether (sulfide) groups is 1. The Balaban J connectivity index is 2.43. The van der Waals surface area contributed by atoms with Gasteiger partial charge in [-0.2, -0.15) is 5.26 Å². The Morgan fingerprint density at radius 3 is 2.87 bits per heavy atom. The fourth-order valence-electron chi connectivity index (χ4n) is 1.42. The zero-order valence-electron chi connectivity index (χ0n) is 8.66. The van der Waals surface area contributed by atoms with Gasteiger partial charge in [-0.3, -0.25) is 0 Å². The molecule has 0 unspecified atom stereocenters. The van der Waals surface area contributed by atoms with E-state index in [9.17, 15) is 0 Å². The van der Waals surface area contributed by atoms with Crippen LogP contribution in [0.15, 0.2) is 17.3 Å². The second kappa shape index (κ2) is 3.95. The summed E-state index contributed by atoms with van der Waals surface area (Å²) in [7, 11) is 0. The first-order chi connectivity index (χ1) is 7.20. The summed E-state index contributed by atoms with van der Waals surface area (Å²) in [6.07, 6.45) is 0. The maximum Gasteiger partial charge on any atom is 0.167 e. The van der Waals surface area contributed by atoms with Crippen molar-refractivity contribution in [3.05, 3.63) is 23.3 Å². The predicted molar refractivity (Wildman–Crippen MR) is 61.9 cm³/mol. The van der Waals surface area contributed by atoms with E-state index in [0.29, 0.717) is 5.75 Å². The summed E-state index contributed by atoms with van der Waals surface area (Å²) < 4.78 is 0. The molecule has 0 aliphatic carbocycles. The van der Waals surface area contributed by atoms with E-state index in [1.165, 1.54) is 22.9 Å². The van der Waals surface area contributed by atoms with Crippen LogP contribution in [0.4, 0.5) is 0 Å². The molecule has 3 nitrogen and oxygen atoms in total. The molecule has 1 heterocycles. The number of nitriles is 1. The van der Waals surface area contributed by atoms with Gasteiger partial charge >= 0.3 is 0 Å². The number of fused-ring (bicyclic) bond motifs is 1. The molecular formula is C11H11N3S. The molecule has 2 aromatic rings. The summed E-state index contributed by atoms with van der Waals surface area (Å²) in [4.78, 5) is 7.61. The second-order valence-electron chi connectivity index (χ2n) is 3.44. The van der Waals surface area contributed by atoms with E-state index in [-0.39, 0.29) is 0 Å². The van der Waals surface area contributed by atoms with Crippen molar-refractivity contribution >= 4 is 22.8 Å². The molecule has 4 heteroatoms. The number of imidazole rings is 1. The molecule has 1 aromatic heterocycles. The van der Waals surface area contributed by atoms with Crippen LogP contribution in [0.2, 0.25) is 0 Å². The van der Waals surface area contributed by atoms with Crippen molar-refractivity contribution in [2.24, 2.45) is 0 Å². The van der Waals surface area contributed by atoms with Crippen molar-refractivity contribution in [2.75, 3.05) is 5.75 Å². The molecule has 15 heavy (non-hydrogen) atoms. The summed E-state index contributed by atoms with van der Waals surface area (Å²) in [5.41, 5.74) is 4.51. The van der Waals surface area contributed by atoms with E-state index in [2.05, 4.69) is 42.0 Å². The van der Waals surface area contributed by atoms with Crippen LogP contribution in [0, 0.1) is 25.2 Å². The van der Waals surface area contributed by atoms with Crippen molar-refractivity contribution in [2.45, 2.75) is 19.0 Å². The summed E-state index contributed by atoms with van der Waals surface area (Å²) in [5, 5.41) is 9.29. The van der Waals surface area contributed by atoms with Crippen molar-refractivity contribution in [1.29, 1.82) is 5.26 Å². The minimum atomic E-state index is 0.428. The molecule has 76 valence electrons. The van der Waals surface area contributed by atoms with E-state index < -0.39 is 0 Å². The lowest BCUT2D eigenvalue weighted by molar-refractivity contribution is 1.08. The van der Waals surface area contributed by atoms with Gasteiger partial charge in [-0.05, 0) is 37.1 Å². The first-order valence-corrected chi connectivity index (χ1v) is 5.66. The van der Waals surface area contributed by atoms with Gasteiger partial charge in [0, 0.05) is 0 Å². The standard InChI is InChI=1S/C11H11N3S/c1-7-5-9-10(6-8(7)2)14-11(13-9)15-4-3-12/h5-6H,4H2,1-2H3,(H,13,14). The Morgan fingerprint density at radius 1 is 1.40 bits per heavy atom. The van der Waals surface area contributed by atoms with Gasteiger partial charge in [0.2, 0.25) is 0 Å². The van der Waals surface area contributed by atoms with Crippen LogP contribution in [0.1, 0.15) is 11.1 Å². The molecular weight excluding hydrogens is 206 g/mol. The summed E-state index contributed by atoms with van der Waals surface area (Å²) >= 11 is 1.43. The van der Waals surface area contributed by atoms with Crippen LogP contribution in [0.5, 0.6) is 0 Å². The highest BCUT2D eigenvalue weighted by molar-refractivity contribution is 7.99. The molecule has 0 aliphatic rings. The second-order valence-corrected chi connectivity index (χ2v) is 4.41. The molecule has 0 fully saturated rings. The molecule has 1 aromatic carbocycles. The maximum absolute atomic E-state index is 8.48. The zero-order valence-corrected chi connectivity index (χ0v) is 9.48. The lowest BCUT2D eigenvalue weighted by Crippen LogP contribution is -1.79. The number of hydrogen-bond acceptors (Lipinski definition) is 3. The number of aromatic amines is 1. The number of H-pyrrole nitrogens is 1. The Labute approximate surface area is 92.5 Å². The molecule has 2 rings (SSSR count). The van der Waals surface area contributed by atoms with E-state index in [4.69, 9.17) is 5.26 Å². The number of aromatic nitrogens is 2. The lowest BCUT2D eigenvalue weighted by atomic mass is 10.1. The molecule has 0 radical (unpaired) electrons. The van der Waals surface area contributed by atoms with E-state index in [1.54, 1.807) is 0 Å². The van der Waals surface area contributed by atoms with Gasteiger partial charge in [-0.1, -0.05) is 11.8 Å². The average molecular weight is 217 g/mol. The largest absolute Gasteiger partial charge is 0.333 e. The monoisotopic (exact) mass is 217 g/mol. The van der Waals surface area contributed by atoms with Gasteiger partial charge in [0.25, 0.3) is 0 Å². The van der Waals surface area contributed by atoms with E-state index >= 15 is 0 Å². The number of nitrogens with zero attached hydrogens (tertiary/aromatic N) is 2. The average Bonchev–Trinajstić information content (AvgIpc) is 2.58. The van der Waals surface area contributed by atoms with Gasteiger partial charge in [0.1, 0.15) is 0 Å². The van der Waals surface area contributed by atoms with Crippen LogP contribution >= 0.6 is 11.8 Å². The van der Waals surface area contributed by atoms with Crippen LogP contribution in [-0.2, 0) is 0 Å². The third kappa shape index (κ3) is 1.97. The molecule has 0 aliphatic heterocycles. The normalized spacial score (nSPS) is 10.5. The quantitative estimate of drug-likeness (QED) is 0.787. The molecule has 1 N–H and O–H groups in total. The first kappa shape index (κ1) is 10.1. The smallest absolute Gasteiger partial charge is 0.167 e. The Bertz CT molecular complexity index is 497. The van der Waals surface area contributed by atoms with Crippen molar-refractivity contribution < 1.29 is 0 Å². The minimum absolute atomic E-state index is 0.428. The Morgan fingerprint density at radius 2 is 2.13 bits per heavy atom. The van der Waals surface area contributed by atoms with Gasteiger partial charge in [-0.25, -0.2) is 4.98 Å². The fourth-order valence-corrected chi connectivity index (χ4v) is 1.96. The zero-order chi connectivity index (χ0) is 10.8. The van der Waals surface area contributed by atoms with Crippen LogP contribution in [-0.4, -0.2) is 15.7 Å². The molecule has 0 saturated heterocycles. The Hall–Kier alpha value is -1.47. The predicted octanol–water partition coefficient (Wildman–Crippen LogP) is 2.80. The summed E-state index contributed by atoms with van der Waals surface area (Å²) in [6.45, 7) is 4.16. The third-order valence-electron chi connectivity index (χ3n) is 2.35. The maximum atomic E-state index is 8.48. The fraction of sp³-hybridized carbons (Fsp3) is 0.273. The third-order valence-corrected chi connectivity index (χ3v) is 3.09. The highest BCUT2D eigenvalue weighted by atomic mass is 32.2. The molecule has 0 saturated carbocycles. The van der Waals surface area contributed by atoms with Gasteiger partial charge in [0.15, 0.2) is 5.16 Å². The number of aryl methyl sites for hydroxylation is 2. The molecule has 0 spiro atoms. The number of hydrogen-bond donors (Lipinski definition) is 1. The van der Waals surface area contributed by atoms with Gasteiger partial charge < -0.3 is 4.98 Å². The number of benzene rings is 1. The van der Waals surface area contributed by atoms with Crippen molar-refractivity contribution in [1.82, 2.24) is 9.97 Å². The molecule has 0 atom stereocenters. The lowest BCUT2D eigenvalue weighted by Gasteiger charge is -1.97. The van der Waals surface area contributed by atoms with Crippen LogP contribution in [0.3, 0.4) is 0 Å². The Kier molecular flexibility index (Phi) is 2.65.